The summed E-state index contributed by atoms with van der Waals surface area (Å²) in [5, 5.41) is 12.2. The number of hydrogen-bond acceptors (Lipinski definition) is 9. The van der Waals surface area contributed by atoms with Crippen molar-refractivity contribution in [2.75, 3.05) is 73.6 Å². The monoisotopic (exact) mass is 486 g/mol. The third kappa shape index (κ3) is 5.44. The van der Waals surface area contributed by atoms with Crippen molar-refractivity contribution in [2.24, 2.45) is 0 Å². The number of pyridine rings is 1. The van der Waals surface area contributed by atoms with Gasteiger partial charge in [-0.1, -0.05) is 48.6 Å². The van der Waals surface area contributed by atoms with E-state index in [9.17, 15) is 10.1 Å². The zero-order valence-corrected chi connectivity index (χ0v) is 20.2. The van der Waals surface area contributed by atoms with Gasteiger partial charge in [0.15, 0.2) is 0 Å². The molecule has 0 atom stereocenters. The van der Waals surface area contributed by atoms with Crippen LogP contribution in [0.25, 0.3) is 6.08 Å². The van der Waals surface area contributed by atoms with Crippen molar-refractivity contribution < 1.29 is 4.92 Å². The van der Waals surface area contributed by atoms with Crippen molar-refractivity contribution >= 4 is 29.2 Å². The Labute approximate surface area is 210 Å². The summed E-state index contributed by atoms with van der Waals surface area (Å²) >= 11 is 0. The zero-order chi connectivity index (χ0) is 24.7. The Morgan fingerprint density at radius 3 is 2.00 bits per heavy atom. The van der Waals surface area contributed by atoms with Crippen LogP contribution in [0, 0.1) is 10.1 Å². The van der Waals surface area contributed by atoms with Crippen molar-refractivity contribution in [3.8, 4) is 0 Å². The molecule has 1 aromatic carbocycles. The van der Waals surface area contributed by atoms with Crippen molar-refractivity contribution in [2.45, 2.75) is 0 Å². The molecule has 2 fully saturated rings. The van der Waals surface area contributed by atoms with E-state index in [1.54, 1.807) is 6.20 Å². The number of hydrogen-bond donors (Lipinski definition) is 0. The minimum absolute atomic E-state index is 0.00112. The smallest absolute Gasteiger partial charge is 0.353 e. The number of piperazine rings is 2. The second-order valence-corrected chi connectivity index (χ2v) is 8.89. The fraction of sp³-hybridized carbons (Fsp3) is 0.346. The SMILES string of the molecule is O=[N+]([O-])c1c(N2CCN(CC=Cc3ccccc3)CC2)ncnc1N1CCN(c2ccccn2)CC1. The largest absolute Gasteiger partial charge is 0.353 e. The van der Waals surface area contributed by atoms with E-state index in [0.29, 0.717) is 37.8 Å². The van der Waals surface area contributed by atoms with Gasteiger partial charge in [-0.25, -0.2) is 15.0 Å². The first-order valence-corrected chi connectivity index (χ1v) is 12.3. The molecule has 0 spiro atoms. The van der Waals surface area contributed by atoms with E-state index in [1.165, 1.54) is 11.9 Å². The van der Waals surface area contributed by atoms with Crippen LogP contribution in [0.1, 0.15) is 5.56 Å². The van der Waals surface area contributed by atoms with Crippen molar-refractivity contribution in [3.63, 3.8) is 0 Å². The van der Waals surface area contributed by atoms with Crippen molar-refractivity contribution in [1.29, 1.82) is 0 Å². The van der Waals surface area contributed by atoms with E-state index in [-0.39, 0.29) is 10.6 Å². The van der Waals surface area contributed by atoms with Crippen LogP contribution in [0.3, 0.4) is 0 Å². The van der Waals surface area contributed by atoms with E-state index < -0.39 is 0 Å². The number of nitrogens with zero attached hydrogens (tertiary/aromatic N) is 8. The number of rotatable bonds is 7. The van der Waals surface area contributed by atoms with Gasteiger partial charge in [-0.3, -0.25) is 15.0 Å². The highest BCUT2D eigenvalue weighted by molar-refractivity contribution is 5.71. The number of benzene rings is 1. The molecule has 0 amide bonds. The molecule has 5 rings (SSSR count). The van der Waals surface area contributed by atoms with Crippen molar-refractivity contribution in [1.82, 2.24) is 19.9 Å². The second kappa shape index (κ2) is 11.1. The summed E-state index contributed by atoms with van der Waals surface area (Å²) in [6.07, 6.45) is 7.53. The van der Waals surface area contributed by atoms with Crippen LogP contribution in [0.5, 0.6) is 0 Å². The molecule has 0 radical (unpaired) electrons. The van der Waals surface area contributed by atoms with Gasteiger partial charge in [-0.2, -0.15) is 0 Å². The fourth-order valence-corrected chi connectivity index (χ4v) is 4.72. The van der Waals surface area contributed by atoms with Crippen LogP contribution in [0.15, 0.2) is 67.1 Å². The zero-order valence-electron chi connectivity index (χ0n) is 20.2. The minimum Gasteiger partial charge on any atom is -0.353 e. The normalized spacial score (nSPS) is 17.1. The van der Waals surface area contributed by atoms with Gasteiger partial charge in [0.2, 0.25) is 11.6 Å². The van der Waals surface area contributed by atoms with Gasteiger partial charge in [0.05, 0.1) is 4.92 Å². The van der Waals surface area contributed by atoms with E-state index >= 15 is 0 Å². The summed E-state index contributed by atoms with van der Waals surface area (Å²) in [6.45, 7) is 6.57. The Morgan fingerprint density at radius 2 is 1.39 bits per heavy atom. The van der Waals surface area contributed by atoms with Crippen LogP contribution in [0.4, 0.5) is 23.1 Å². The molecule has 0 aliphatic carbocycles. The summed E-state index contributed by atoms with van der Waals surface area (Å²) in [4.78, 5) is 33.5. The minimum atomic E-state index is -0.329. The number of nitro groups is 1. The van der Waals surface area contributed by atoms with E-state index in [1.807, 2.05) is 46.2 Å². The first-order chi connectivity index (χ1) is 17.7. The second-order valence-electron chi connectivity index (χ2n) is 8.89. The van der Waals surface area contributed by atoms with E-state index in [0.717, 1.165) is 38.5 Å². The molecule has 3 aromatic rings. The highest BCUT2D eigenvalue weighted by Crippen LogP contribution is 2.35. The third-order valence-corrected chi connectivity index (χ3v) is 6.66. The highest BCUT2D eigenvalue weighted by Gasteiger charge is 2.32. The molecule has 10 nitrogen and oxygen atoms in total. The lowest BCUT2D eigenvalue weighted by Gasteiger charge is -2.37. The maximum atomic E-state index is 12.2. The van der Waals surface area contributed by atoms with Crippen LogP contribution < -0.4 is 14.7 Å². The lowest BCUT2D eigenvalue weighted by molar-refractivity contribution is -0.383. The maximum Gasteiger partial charge on any atom is 0.353 e. The first kappa shape index (κ1) is 23.7. The Bertz CT molecular complexity index is 1180. The molecule has 36 heavy (non-hydrogen) atoms. The third-order valence-electron chi connectivity index (χ3n) is 6.66. The van der Waals surface area contributed by atoms with Crippen LogP contribution >= 0.6 is 0 Å². The lowest BCUT2D eigenvalue weighted by Crippen LogP contribution is -2.48. The molecule has 2 aromatic heterocycles. The molecule has 2 aliphatic rings. The van der Waals surface area contributed by atoms with Gasteiger partial charge in [-0.05, 0) is 17.7 Å². The quantitative estimate of drug-likeness (QED) is 0.369. The molecule has 0 bridgehead atoms. The van der Waals surface area contributed by atoms with Crippen molar-refractivity contribution in [3.05, 3.63) is 82.8 Å². The molecular weight excluding hydrogens is 456 g/mol. The molecule has 10 heteroatoms. The molecule has 4 heterocycles. The predicted octanol–water partition coefficient (Wildman–Crippen LogP) is 2.94. The average molecular weight is 487 g/mol. The van der Waals surface area contributed by atoms with Gasteiger partial charge in [-0.15, -0.1) is 0 Å². The van der Waals surface area contributed by atoms with E-state index in [2.05, 4.69) is 49.0 Å². The average Bonchev–Trinajstić information content (AvgIpc) is 2.94. The summed E-state index contributed by atoms with van der Waals surface area (Å²) < 4.78 is 0. The molecular formula is C26H30N8O2. The van der Waals surface area contributed by atoms with Crippen LogP contribution in [-0.2, 0) is 0 Å². The fourth-order valence-electron chi connectivity index (χ4n) is 4.72. The number of anilines is 3. The van der Waals surface area contributed by atoms with Crippen LogP contribution in [0.2, 0.25) is 0 Å². The Morgan fingerprint density at radius 1 is 0.778 bits per heavy atom. The summed E-state index contributed by atoms with van der Waals surface area (Å²) in [5.74, 6) is 1.74. The molecule has 186 valence electrons. The summed E-state index contributed by atoms with van der Waals surface area (Å²) in [7, 11) is 0. The van der Waals surface area contributed by atoms with Gasteiger partial charge >= 0.3 is 5.69 Å². The molecule has 2 aliphatic heterocycles. The Kier molecular flexibility index (Phi) is 7.32. The topological polar surface area (TPSA) is 94.8 Å². The highest BCUT2D eigenvalue weighted by atomic mass is 16.6. The van der Waals surface area contributed by atoms with Gasteiger partial charge < -0.3 is 14.7 Å². The predicted molar refractivity (Wildman–Crippen MR) is 141 cm³/mol. The van der Waals surface area contributed by atoms with Gasteiger partial charge in [0.25, 0.3) is 0 Å². The molecule has 0 N–H and O–H groups in total. The molecule has 2 saturated heterocycles. The van der Waals surface area contributed by atoms with E-state index in [4.69, 9.17) is 0 Å². The maximum absolute atomic E-state index is 12.2. The van der Waals surface area contributed by atoms with Gasteiger partial charge in [0, 0.05) is 65.1 Å². The summed E-state index contributed by atoms with van der Waals surface area (Å²) in [5.41, 5.74) is 1.18. The molecule has 0 unspecified atom stereocenters. The lowest BCUT2D eigenvalue weighted by atomic mass is 10.2. The molecule has 0 saturated carbocycles. The number of aromatic nitrogens is 3. The Hall–Kier alpha value is -4.05. The first-order valence-electron chi connectivity index (χ1n) is 12.3. The van der Waals surface area contributed by atoms with Crippen LogP contribution in [-0.4, -0.2) is 83.7 Å². The summed E-state index contributed by atoms with van der Waals surface area (Å²) in [6, 6.07) is 16.1. The standard InChI is InChI=1S/C26H30N8O2/c35-34(36)24-25(32-15-13-30(14-16-32)12-6-9-22-7-2-1-3-8-22)28-21-29-26(24)33-19-17-31(18-20-33)23-10-4-5-11-27-23/h1-11,21H,12-20H2. The Balaban J connectivity index is 1.23. The van der Waals surface area contributed by atoms with Gasteiger partial charge in [0.1, 0.15) is 12.1 Å².